The van der Waals surface area contributed by atoms with Gasteiger partial charge in [-0.25, -0.2) is 0 Å². The van der Waals surface area contributed by atoms with Crippen molar-refractivity contribution < 1.29 is 9.47 Å². The lowest BCUT2D eigenvalue weighted by atomic mass is 9.46. The molecule has 3 atom stereocenters. The summed E-state index contributed by atoms with van der Waals surface area (Å²) in [6.07, 6.45) is 2.71. The molecule has 1 saturated heterocycles. The number of hydrogen-bond acceptors (Lipinski definition) is 4. The van der Waals surface area contributed by atoms with Crippen molar-refractivity contribution in [2.75, 3.05) is 40.0 Å². The third kappa shape index (κ3) is 3.14. The van der Waals surface area contributed by atoms with Crippen LogP contribution in [-0.4, -0.2) is 56.5 Å². The van der Waals surface area contributed by atoms with Crippen LogP contribution in [0.1, 0.15) is 40.5 Å². The first-order chi connectivity index (χ1) is 9.83. The maximum Gasteiger partial charge on any atom is 0.0690 e. The van der Waals surface area contributed by atoms with Gasteiger partial charge in [-0.2, -0.15) is 0 Å². The van der Waals surface area contributed by atoms with E-state index in [0.29, 0.717) is 17.9 Å². The Balaban J connectivity index is 2.06. The van der Waals surface area contributed by atoms with Crippen LogP contribution in [0, 0.1) is 17.3 Å². The maximum atomic E-state index is 6.92. The highest BCUT2D eigenvalue weighted by molar-refractivity contribution is 5.20. The van der Waals surface area contributed by atoms with Crippen molar-refractivity contribution in [2.24, 2.45) is 23.0 Å². The van der Waals surface area contributed by atoms with E-state index in [9.17, 15) is 0 Å². The third-order valence-electron chi connectivity index (χ3n) is 5.62. The van der Waals surface area contributed by atoms with E-state index in [1.807, 2.05) is 0 Å². The Morgan fingerprint density at radius 3 is 2.71 bits per heavy atom. The fourth-order valence-electron chi connectivity index (χ4n) is 4.33. The van der Waals surface area contributed by atoms with E-state index in [1.165, 1.54) is 6.42 Å². The van der Waals surface area contributed by atoms with Crippen LogP contribution in [-0.2, 0) is 9.47 Å². The second-order valence-electron chi connectivity index (χ2n) is 7.92. The monoisotopic (exact) mass is 298 g/mol. The zero-order valence-electron chi connectivity index (χ0n) is 14.5. The fourth-order valence-corrected chi connectivity index (χ4v) is 4.33. The molecule has 4 nitrogen and oxygen atoms in total. The Bertz CT molecular complexity index is 346. The van der Waals surface area contributed by atoms with Crippen LogP contribution in [0.3, 0.4) is 0 Å². The van der Waals surface area contributed by atoms with E-state index >= 15 is 0 Å². The summed E-state index contributed by atoms with van der Waals surface area (Å²) in [5, 5.41) is 0. The standard InChI is InChI=1S/C17H34N2O2/c1-13(2)11-19(8-10-20-5)12-17(18)14-7-6-9-21-15(14)16(17,3)4/h13-15H,6-12,18H2,1-5H3. The van der Waals surface area contributed by atoms with Gasteiger partial charge in [0.05, 0.1) is 12.7 Å². The van der Waals surface area contributed by atoms with Gasteiger partial charge in [0, 0.05) is 50.2 Å². The zero-order chi connectivity index (χ0) is 15.7. The molecule has 0 amide bonds. The van der Waals surface area contributed by atoms with Crippen molar-refractivity contribution in [2.45, 2.75) is 52.2 Å². The lowest BCUT2D eigenvalue weighted by Gasteiger charge is -2.67. The second-order valence-corrected chi connectivity index (χ2v) is 7.92. The minimum atomic E-state index is -0.138. The third-order valence-corrected chi connectivity index (χ3v) is 5.62. The van der Waals surface area contributed by atoms with Crippen LogP contribution < -0.4 is 5.73 Å². The van der Waals surface area contributed by atoms with Gasteiger partial charge >= 0.3 is 0 Å². The van der Waals surface area contributed by atoms with Gasteiger partial charge in [-0.15, -0.1) is 0 Å². The summed E-state index contributed by atoms with van der Waals surface area (Å²) in [7, 11) is 1.77. The van der Waals surface area contributed by atoms with Crippen molar-refractivity contribution in [3.8, 4) is 0 Å². The molecule has 0 bridgehead atoms. The van der Waals surface area contributed by atoms with Crippen molar-refractivity contribution >= 4 is 0 Å². The first-order valence-corrected chi connectivity index (χ1v) is 8.44. The Morgan fingerprint density at radius 1 is 1.38 bits per heavy atom. The molecule has 1 aliphatic heterocycles. The lowest BCUT2D eigenvalue weighted by molar-refractivity contribution is -0.232. The SMILES string of the molecule is COCCN(CC(C)C)CC1(N)C2CCCOC2C1(C)C. The largest absolute Gasteiger partial charge is 0.383 e. The molecule has 1 saturated carbocycles. The molecular weight excluding hydrogens is 264 g/mol. The molecule has 0 aromatic heterocycles. The van der Waals surface area contributed by atoms with Gasteiger partial charge in [-0.05, 0) is 18.8 Å². The Hall–Kier alpha value is -0.160. The summed E-state index contributed by atoms with van der Waals surface area (Å²) < 4.78 is 11.3. The average molecular weight is 298 g/mol. The van der Waals surface area contributed by atoms with E-state index < -0.39 is 0 Å². The minimum absolute atomic E-state index is 0.0559. The number of hydrogen-bond donors (Lipinski definition) is 1. The van der Waals surface area contributed by atoms with E-state index in [1.54, 1.807) is 7.11 Å². The molecule has 2 rings (SSSR count). The predicted octanol–water partition coefficient (Wildman–Crippen LogP) is 2.12. The molecule has 0 radical (unpaired) electrons. The van der Waals surface area contributed by atoms with Gasteiger partial charge in [0.2, 0.25) is 0 Å². The quantitative estimate of drug-likeness (QED) is 0.782. The minimum Gasteiger partial charge on any atom is -0.383 e. The normalized spacial score (nSPS) is 34.9. The van der Waals surface area contributed by atoms with Crippen LogP contribution in [0.15, 0.2) is 0 Å². The Morgan fingerprint density at radius 2 is 2.10 bits per heavy atom. The molecule has 4 heteroatoms. The van der Waals surface area contributed by atoms with Gasteiger partial charge in [0.25, 0.3) is 0 Å². The molecule has 1 aliphatic carbocycles. The van der Waals surface area contributed by atoms with Crippen molar-refractivity contribution in [1.29, 1.82) is 0 Å². The lowest BCUT2D eigenvalue weighted by Crippen LogP contribution is -2.80. The highest BCUT2D eigenvalue weighted by atomic mass is 16.5. The Labute approximate surface area is 130 Å². The molecule has 0 aromatic rings. The fraction of sp³-hybridized carbons (Fsp3) is 1.00. The zero-order valence-corrected chi connectivity index (χ0v) is 14.5. The van der Waals surface area contributed by atoms with Crippen LogP contribution in [0.25, 0.3) is 0 Å². The summed E-state index contributed by atoms with van der Waals surface area (Å²) in [5.74, 6) is 1.16. The summed E-state index contributed by atoms with van der Waals surface area (Å²) in [5.41, 5.74) is 6.84. The number of rotatable bonds is 7. The van der Waals surface area contributed by atoms with E-state index in [-0.39, 0.29) is 11.0 Å². The molecule has 0 spiro atoms. The number of methoxy groups -OCH3 is 1. The molecule has 2 N–H and O–H groups in total. The van der Waals surface area contributed by atoms with E-state index in [4.69, 9.17) is 15.2 Å². The first kappa shape index (κ1) is 17.2. The average Bonchev–Trinajstić information content (AvgIpc) is 2.44. The molecule has 2 fully saturated rings. The molecule has 3 unspecified atom stereocenters. The summed E-state index contributed by atoms with van der Waals surface area (Å²) in [4.78, 5) is 2.49. The van der Waals surface area contributed by atoms with Crippen molar-refractivity contribution in [1.82, 2.24) is 4.90 Å². The molecule has 124 valence electrons. The van der Waals surface area contributed by atoms with Gasteiger partial charge in [0.15, 0.2) is 0 Å². The van der Waals surface area contributed by atoms with Gasteiger partial charge in [-0.3, -0.25) is 4.90 Å². The highest BCUT2D eigenvalue weighted by Gasteiger charge is 2.66. The summed E-state index contributed by atoms with van der Waals surface area (Å²) >= 11 is 0. The van der Waals surface area contributed by atoms with Gasteiger partial charge in [0.1, 0.15) is 0 Å². The highest BCUT2D eigenvalue weighted by Crippen LogP contribution is 2.57. The number of fused-ring (bicyclic) bond motifs is 1. The maximum absolute atomic E-state index is 6.92. The van der Waals surface area contributed by atoms with Crippen LogP contribution >= 0.6 is 0 Å². The molecule has 1 heterocycles. The first-order valence-electron chi connectivity index (χ1n) is 8.44. The van der Waals surface area contributed by atoms with Crippen LogP contribution in [0.5, 0.6) is 0 Å². The number of ether oxygens (including phenoxy) is 2. The molecule has 21 heavy (non-hydrogen) atoms. The molecule has 2 aliphatic rings. The predicted molar refractivity (Wildman–Crippen MR) is 86.3 cm³/mol. The summed E-state index contributed by atoms with van der Waals surface area (Å²) in [6, 6.07) is 0. The van der Waals surface area contributed by atoms with Gasteiger partial charge < -0.3 is 15.2 Å². The van der Waals surface area contributed by atoms with E-state index in [0.717, 1.165) is 39.3 Å². The van der Waals surface area contributed by atoms with Crippen molar-refractivity contribution in [3.63, 3.8) is 0 Å². The Kier molecular flexibility index (Phi) is 5.35. The number of nitrogens with two attached hydrogens (primary N) is 1. The smallest absolute Gasteiger partial charge is 0.0690 e. The topological polar surface area (TPSA) is 47.7 Å². The van der Waals surface area contributed by atoms with Gasteiger partial charge in [-0.1, -0.05) is 27.7 Å². The number of nitrogens with zero attached hydrogens (tertiary/aromatic N) is 1. The second kappa shape index (κ2) is 6.53. The van der Waals surface area contributed by atoms with Crippen LogP contribution in [0.4, 0.5) is 0 Å². The van der Waals surface area contributed by atoms with E-state index in [2.05, 4.69) is 32.6 Å². The molecular formula is C17H34N2O2. The van der Waals surface area contributed by atoms with Crippen molar-refractivity contribution in [3.05, 3.63) is 0 Å². The summed E-state index contributed by atoms with van der Waals surface area (Å²) in [6.45, 7) is 13.8. The molecule has 0 aromatic carbocycles. The van der Waals surface area contributed by atoms with Crippen LogP contribution in [0.2, 0.25) is 0 Å².